The van der Waals surface area contributed by atoms with E-state index >= 15 is 0 Å². The quantitative estimate of drug-likeness (QED) is 0.166. The Labute approximate surface area is 349 Å². The van der Waals surface area contributed by atoms with E-state index in [1.54, 1.807) is 11.3 Å². The Morgan fingerprint density at radius 2 is 0.897 bits per heavy atom. The molecule has 0 saturated carbocycles. The first-order valence-corrected chi connectivity index (χ1v) is 20.3. The van der Waals surface area contributed by atoms with E-state index in [-0.39, 0.29) is 29.9 Å². The summed E-state index contributed by atoms with van der Waals surface area (Å²) in [6.45, 7) is 0. The Morgan fingerprint density at radius 3 is 1.53 bits per heavy atom. The topological polar surface area (TPSA) is 6.48 Å². The third-order valence-corrected chi connectivity index (χ3v) is 13.1. The molecule has 0 bridgehead atoms. The van der Waals surface area contributed by atoms with Crippen LogP contribution in [0.2, 0.25) is 0 Å². The van der Waals surface area contributed by atoms with Crippen molar-refractivity contribution in [1.82, 2.24) is 0 Å². The first kappa shape index (κ1) is 28.2. The summed E-state index contributed by atoms with van der Waals surface area (Å²) in [7, 11) is 0. The fourth-order valence-corrected chi connectivity index (χ4v) is 10.8. The zero-order valence-corrected chi connectivity index (χ0v) is 32.0. The van der Waals surface area contributed by atoms with Crippen LogP contribution in [0.4, 0.5) is 34.1 Å². The first-order chi connectivity index (χ1) is 30.9. The van der Waals surface area contributed by atoms with Crippen LogP contribution in [0.5, 0.6) is 0 Å². The number of thiophene rings is 1. The molecule has 1 spiro atoms. The minimum absolute atomic E-state index is 0.101. The second-order valence-corrected chi connectivity index (χ2v) is 15.9. The van der Waals surface area contributed by atoms with Crippen molar-refractivity contribution < 1.29 is 6.85 Å². The number of rotatable bonds is 6. The summed E-state index contributed by atoms with van der Waals surface area (Å²) in [5.41, 5.74) is 13.0. The molecule has 12 rings (SSSR count). The Balaban J connectivity index is 1.17. The summed E-state index contributed by atoms with van der Waals surface area (Å²) in [5.74, 6) is 0. The standard InChI is InChI=1S/C55H36N2S/c1-4-17-37(18-5-1)56(38-19-6-2-7-20-38)40-31-33-44-42-23-10-13-26-47(42)55(49(44)35-40)48-27-14-11-24-43(48)45-34-32-41(36-50(45)55)57(39-21-8-3-9-22-39)51-28-16-30-53-54(51)46-25-12-15-29-52(46)58-53/h1-36H/i3D,8D,9D,21D,22D. The van der Waals surface area contributed by atoms with Crippen molar-refractivity contribution in [2.45, 2.75) is 5.41 Å². The average molecular weight is 762 g/mol. The van der Waals surface area contributed by atoms with Crippen LogP contribution < -0.4 is 9.80 Å². The highest BCUT2D eigenvalue weighted by Crippen LogP contribution is 2.64. The van der Waals surface area contributed by atoms with Gasteiger partial charge in [-0.3, -0.25) is 0 Å². The van der Waals surface area contributed by atoms with Gasteiger partial charge in [0.1, 0.15) is 0 Å². The monoisotopic (exact) mass is 761 g/mol. The highest BCUT2D eigenvalue weighted by molar-refractivity contribution is 7.26. The lowest BCUT2D eigenvalue weighted by Crippen LogP contribution is -2.26. The molecule has 9 aromatic carbocycles. The lowest BCUT2D eigenvalue weighted by molar-refractivity contribution is 0.793. The largest absolute Gasteiger partial charge is 0.310 e. The Hall–Kier alpha value is -7.20. The second-order valence-electron chi connectivity index (χ2n) is 14.9. The van der Waals surface area contributed by atoms with E-state index in [4.69, 9.17) is 4.11 Å². The van der Waals surface area contributed by atoms with Crippen molar-refractivity contribution in [1.29, 1.82) is 0 Å². The van der Waals surface area contributed by atoms with Crippen molar-refractivity contribution >= 4 is 65.6 Å². The van der Waals surface area contributed by atoms with E-state index < -0.39 is 11.5 Å². The van der Waals surface area contributed by atoms with Gasteiger partial charge in [0.25, 0.3) is 0 Å². The van der Waals surface area contributed by atoms with Gasteiger partial charge in [0.2, 0.25) is 0 Å². The zero-order valence-electron chi connectivity index (χ0n) is 36.2. The fourth-order valence-electron chi connectivity index (χ4n) is 9.68. The molecule has 0 fully saturated rings. The number of benzene rings is 9. The van der Waals surface area contributed by atoms with Gasteiger partial charge in [0.15, 0.2) is 0 Å². The van der Waals surface area contributed by atoms with Gasteiger partial charge in [-0.1, -0.05) is 139 Å². The molecule has 10 aromatic rings. The Morgan fingerprint density at radius 1 is 0.379 bits per heavy atom. The molecule has 58 heavy (non-hydrogen) atoms. The molecule has 2 aliphatic rings. The highest BCUT2D eigenvalue weighted by Gasteiger charge is 2.52. The first-order valence-electron chi connectivity index (χ1n) is 22.0. The summed E-state index contributed by atoms with van der Waals surface area (Å²) in [5, 5.41) is 2.01. The van der Waals surface area contributed by atoms with Gasteiger partial charge in [-0.25, -0.2) is 0 Å². The molecule has 1 heterocycles. The average Bonchev–Trinajstić information content (AvgIpc) is 3.96. The van der Waals surface area contributed by atoms with Gasteiger partial charge >= 0.3 is 0 Å². The molecule has 1 atom stereocenters. The summed E-state index contributed by atoms with van der Waals surface area (Å²) in [6.07, 6.45) is 0. The predicted octanol–water partition coefficient (Wildman–Crippen LogP) is 15.3. The second kappa shape index (κ2) is 12.9. The molecule has 1 unspecified atom stereocenters. The van der Waals surface area contributed by atoms with E-state index in [0.717, 1.165) is 76.3 Å². The summed E-state index contributed by atoms with van der Waals surface area (Å²) in [4.78, 5) is 4.21. The van der Waals surface area contributed by atoms with Gasteiger partial charge in [-0.2, -0.15) is 0 Å². The van der Waals surface area contributed by atoms with Gasteiger partial charge in [0, 0.05) is 48.6 Å². The van der Waals surface area contributed by atoms with Crippen LogP contribution >= 0.6 is 11.3 Å². The van der Waals surface area contributed by atoms with Crippen LogP contribution in [-0.2, 0) is 5.41 Å². The van der Waals surface area contributed by atoms with Gasteiger partial charge in [-0.05, 0) is 123 Å². The minimum Gasteiger partial charge on any atom is -0.310 e. The van der Waals surface area contributed by atoms with Crippen LogP contribution in [0.3, 0.4) is 0 Å². The summed E-state index contributed by atoms with van der Waals surface area (Å²) < 4.78 is 47.2. The maximum Gasteiger partial charge on any atom is 0.0727 e. The van der Waals surface area contributed by atoms with E-state index in [0.29, 0.717) is 5.69 Å². The van der Waals surface area contributed by atoms with E-state index in [2.05, 4.69) is 150 Å². The van der Waals surface area contributed by atoms with Crippen LogP contribution in [0.25, 0.3) is 42.4 Å². The molecule has 1 aromatic heterocycles. The molecule has 2 aliphatic carbocycles. The van der Waals surface area contributed by atoms with Crippen LogP contribution in [0, 0.1) is 0 Å². The SMILES string of the molecule is [2H]c1c([2H])c([2H])c(N(c2ccc3c(c2)C2(c4ccccc4-c4ccc(N(c5ccccc5)c5ccccc5)cc42)c2ccccc2-3)c2cccc3sc4ccccc4c23)c([2H])c1[2H]. The molecule has 0 aliphatic heterocycles. The molecule has 0 radical (unpaired) electrons. The number of fused-ring (bicyclic) bond motifs is 13. The molecule has 2 nitrogen and oxygen atoms in total. The van der Waals surface area contributed by atoms with E-state index in [1.165, 1.54) is 11.1 Å². The molecule has 3 heteroatoms. The number of nitrogens with zero attached hydrogens (tertiary/aromatic N) is 2. The fraction of sp³-hybridized carbons (Fsp3) is 0.0182. The maximum absolute atomic E-state index is 9.40. The molecule has 272 valence electrons. The van der Waals surface area contributed by atoms with Crippen molar-refractivity contribution in [3.63, 3.8) is 0 Å². The van der Waals surface area contributed by atoms with Gasteiger partial charge in [0.05, 0.1) is 18.0 Å². The number of para-hydroxylation sites is 3. The molecule has 0 amide bonds. The molecular formula is C55H36N2S. The maximum atomic E-state index is 9.40. The van der Waals surface area contributed by atoms with Crippen LogP contribution in [-0.4, -0.2) is 0 Å². The van der Waals surface area contributed by atoms with Crippen molar-refractivity contribution in [3.05, 3.63) is 241 Å². The van der Waals surface area contributed by atoms with Crippen LogP contribution in [0.15, 0.2) is 218 Å². The van der Waals surface area contributed by atoms with Crippen LogP contribution in [0.1, 0.15) is 29.1 Å². The summed E-state index contributed by atoms with van der Waals surface area (Å²) >= 11 is 1.68. The molecular weight excluding hydrogens is 721 g/mol. The van der Waals surface area contributed by atoms with Crippen molar-refractivity contribution in [2.24, 2.45) is 0 Å². The molecule has 0 N–H and O–H groups in total. The number of hydrogen-bond acceptors (Lipinski definition) is 3. The third kappa shape index (κ3) is 4.71. The van der Waals surface area contributed by atoms with Gasteiger partial charge in [-0.15, -0.1) is 11.3 Å². The lowest BCUT2D eigenvalue weighted by atomic mass is 9.70. The highest BCUT2D eigenvalue weighted by atomic mass is 32.1. The van der Waals surface area contributed by atoms with Gasteiger partial charge < -0.3 is 9.80 Å². The Bertz CT molecular complexity index is 3410. The number of anilines is 6. The van der Waals surface area contributed by atoms with Crippen molar-refractivity contribution in [3.8, 4) is 22.3 Å². The smallest absolute Gasteiger partial charge is 0.0727 e. The Kier molecular flexibility index (Phi) is 6.29. The third-order valence-electron chi connectivity index (χ3n) is 11.9. The molecule has 0 saturated heterocycles. The minimum atomic E-state index is -0.754. The van der Waals surface area contributed by atoms with Crippen molar-refractivity contribution in [2.75, 3.05) is 9.80 Å². The lowest BCUT2D eigenvalue weighted by Gasteiger charge is -2.33. The number of hydrogen-bond donors (Lipinski definition) is 0. The summed E-state index contributed by atoms with van der Waals surface area (Å²) in [6, 6.07) is 64.3. The van der Waals surface area contributed by atoms with E-state index in [9.17, 15) is 2.74 Å². The predicted molar refractivity (Wildman–Crippen MR) is 245 cm³/mol. The normalized spacial score (nSPS) is 15.8. The zero-order chi connectivity index (χ0) is 42.6. The van der Waals surface area contributed by atoms with E-state index in [1.807, 2.05) is 47.4 Å².